The van der Waals surface area contributed by atoms with Crippen LogP contribution >= 0.6 is 0 Å². The Balaban J connectivity index is 3.02. The van der Waals surface area contributed by atoms with Crippen molar-refractivity contribution in [1.29, 1.82) is 0 Å². The predicted octanol–water partition coefficient (Wildman–Crippen LogP) is 5.98. The standard InChI is InChI=1S/C25H30N2/c1-7-13-24(17-16-20(4)8-2)21(5)18-25(27-22(6)9-3)26-19-23-14-11-10-12-15-23/h3,7,10-12,14-18,24,26H,1,4-5,8,13,19H2,2,6H3/b17-16-,25-18+,27-22?. The molecule has 0 radical (unpaired) electrons. The van der Waals surface area contributed by atoms with Crippen molar-refractivity contribution in [3.63, 3.8) is 0 Å². The quantitative estimate of drug-likeness (QED) is 0.224. The molecule has 0 bridgehead atoms. The molecule has 2 nitrogen and oxygen atoms in total. The molecule has 27 heavy (non-hydrogen) atoms. The molecule has 0 saturated heterocycles. The lowest BCUT2D eigenvalue weighted by molar-refractivity contribution is 0.771. The largest absolute Gasteiger partial charge is 0.366 e. The number of terminal acetylenes is 1. The summed E-state index contributed by atoms with van der Waals surface area (Å²) in [6.45, 7) is 16.7. The van der Waals surface area contributed by atoms with E-state index in [0.29, 0.717) is 18.1 Å². The van der Waals surface area contributed by atoms with Gasteiger partial charge in [-0.2, -0.15) is 0 Å². The topological polar surface area (TPSA) is 24.4 Å². The molecule has 0 fully saturated rings. The van der Waals surface area contributed by atoms with Crippen molar-refractivity contribution >= 4 is 5.71 Å². The number of allylic oxidation sites excluding steroid dienone is 6. The van der Waals surface area contributed by atoms with Crippen LogP contribution in [-0.4, -0.2) is 5.71 Å². The van der Waals surface area contributed by atoms with Crippen LogP contribution < -0.4 is 5.32 Å². The minimum atomic E-state index is 0.140. The highest BCUT2D eigenvalue weighted by Gasteiger charge is 2.08. The Labute approximate surface area is 164 Å². The number of hydrogen-bond acceptors (Lipinski definition) is 2. The lowest BCUT2D eigenvalue weighted by Crippen LogP contribution is -2.13. The fraction of sp³-hybridized carbons (Fsp3) is 0.240. The van der Waals surface area contributed by atoms with E-state index < -0.39 is 0 Å². The highest BCUT2D eigenvalue weighted by Crippen LogP contribution is 2.20. The van der Waals surface area contributed by atoms with Crippen LogP contribution in [0.25, 0.3) is 0 Å². The Morgan fingerprint density at radius 2 is 2.00 bits per heavy atom. The molecule has 1 rings (SSSR count). The first-order chi connectivity index (χ1) is 13.0. The smallest absolute Gasteiger partial charge is 0.127 e. The summed E-state index contributed by atoms with van der Waals surface area (Å²) >= 11 is 0. The molecule has 0 aliphatic rings. The lowest BCUT2D eigenvalue weighted by atomic mass is 9.95. The number of nitrogens with zero attached hydrogens (tertiary/aromatic N) is 1. The third-order valence-electron chi connectivity index (χ3n) is 4.05. The van der Waals surface area contributed by atoms with Crippen molar-refractivity contribution in [1.82, 2.24) is 5.32 Å². The first kappa shape index (κ1) is 22.0. The van der Waals surface area contributed by atoms with Crippen LogP contribution in [-0.2, 0) is 6.54 Å². The van der Waals surface area contributed by atoms with Crippen molar-refractivity contribution in [3.05, 3.63) is 96.9 Å². The summed E-state index contributed by atoms with van der Waals surface area (Å²) in [6, 6.07) is 10.2. The molecule has 0 saturated carbocycles. The Morgan fingerprint density at radius 1 is 1.30 bits per heavy atom. The number of benzene rings is 1. The zero-order chi connectivity index (χ0) is 20.1. The Hall–Kier alpha value is -3.05. The molecule has 0 spiro atoms. The van der Waals surface area contributed by atoms with Crippen molar-refractivity contribution < 1.29 is 0 Å². The summed E-state index contributed by atoms with van der Waals surface area (Å²) in [6.07, 6.45) is 15.2. The van der Waals surface area contributed by atoms with Gasteiger partial charge in [-0.05, 0) is 37.0 Å². The molecule has 0 aliphatic heterocycles. The van der Waals surface area contributed by atoms with Crippen LogP contribution in [0, 0.1) is 18.3 Å². The Kier molecular flexibility index (Phi) is 10.0. The van der Waals surface area contributed by atoms with Gasteiger partial charge in [0.05, 0.1) is 5.71 Å². The molecular formula is C25H30N2. The van der Waals surface area contributed by atoms with Gasteiger partial charge >= 0.3 is 0 Å². The molecule has 2 heteroatoms. The summed E-state index contributed by atoms with van der Waals surface area (Å²) in [4.78, 5) is 4.51. The van der Waals surface area contributed by atoms with Gasteiger partial charge in [-0.3, -0.25) is 0 Å². The third kappa shape index (κ3) is 8.74. The van der Waals surface area contributed by atoms with E-state index in [1.54, 1.807) is 0 Å². The summed E-state index contributed by atoms with van der Waals surface area (Å²) in [5.74, 6) is 3.41. The summed E-state index contributed by atoms with van der Waals surface area (Å²) < 4.78 is 0. The van der Waals surface area contributed by atoms with Crippen LogP contribution in [0.4, 0.5) is 0 Å². The van der Waals surface area contributed by atoms with E-state index in [9.17, 15) is 0 Å². The van der Waals surface area contributed by atoms with Gasteiger partial charge in [0.25, 0.3) is 0 Å². The molecular weight excluding hydrogens is 328 g/mol. The first-order valence-electron chi connectivity index (χ1n) is 9.17. The van der Waals surface area contributed by atoms with Crippen LogP contribution in [0.15, 0.2) is 96.3 Å². The minimum Gasteiger partial charge on any atom is -0.366 e. The minimum absolute atomic E-state index is 0.140. The van der Waals surface area contributed by atoms with Gasteiger partial charge in [0.2, 0.25) is 0 Å². The predicted molar refractivity (Wildman–Crippen MR) is 119 cm³/mol. The number of aliphatic imine (C=N–C) groups is 1. The second-order valence-electron chi connectivity index (χ2n) is 6.29. The van der Waals surface area contributed by atoms with E-state index in [-0.39, 0.29) is 5.92 Å². The summed E-state index contributed by atoms with van der Waals surface area (Å²) in [5.41, 5.74) is 3.82. The second-order valence-corrected chi connectivity index (χ2v) is 6.29. The van der Waals surface area contributed by atoms with Crippen LogP contribution in [0.5, 0.6) is 0 Å². The van der Waals surface area contributed by atoms with Crippen LogP contribution in [0.1, 0.15) is 32.3 Å². The number of nitrogens with one attached hydrogen (secondary N) is 1. The maximum Gasteiger partial charge on any atom is 0.127 e. The molecule has 1 unspecified atom stereocenters. The molecule has 140 valence electrons. The fourth-order valence-electron chi connectivity index (χ4n) is 2.31. The maximum absolute atomic E-state index is 5.47. The molecule has 0 heterocycles. The molecule has 1 aromatic carbocycles. The third-order valence-corrected chi connectivity index (χ3v) is 4.05. The highest BCUT2D eigenvalue weighted by atomic mass is 15.0. The molecule has 0 amide bonds. The van der Waals surface area contributed by atoms with E-state index in [2.05, 4.69) is 67.2 Å². The van der Waals surface area contributed by atoms with Crippen molar-refractivity contribution in [2.75, 3.05) is 0 Å². The van der Waals surface area contributed by atoms with E-state index in [1.807, 2.05) is 37.3 Å². The monoisotopic (exact) mass is 358 g/mol. The fourth-order valence-corrected chi connectivity index (χ4v) is 2.31. The van der Waals surface area contributed by atoms with E-state index in [1.165, 1.54) is 5.56 Å². The SMILES string of the molecule is C#CC(C)=N/C(=C/C(=C)C(/C=C\C(=C)CC)CC=C)NCc1ccccc1. The molecule has 1 N–H and O–H groups in total. The molecule has 1 aromatic rings. The van der Waals surface area contributed by atoms with Crippen LogP contribution in [0.3, 0.4) is 0 Å². The van der Waals surface area contributed by atoms with E-state index >= 15 is 0 Å². The van der Waals surface area contributed by atoms with Crippen molar-refractivity contribution in [3.8, 4) is 12.3 Å². The zero-order valence-corrected chi connectivity index (χ0v) is 16.5. The van der Waals surface area contributed by atoms with Gasteiger partial charge < -0.3 is 5.32 Å². The van der Waals surface area contributed by atoms with E-state index in [4.69, 9.17) is 6.42 Å². The average Bonchev–Trinajstić information content (AvgIpc) is 2.69. The Morgan fingerprint density at radius 3 is 2.59 bits per heavy atom. The normalized spacial score (nSPS) is 13.1. The van der Waals surface area contributed by atoms with Crippen molar-refractivity contribution in [2.24, 2.45) is 10.9 Å². The van der Waals surface area contributed by atoms with Crippen molar-refractivity contribution in [2.45, 2.75) is 33.2 Å². The first-order valence-corrected chi connectivity index (χ1v) is 9.17. The maximum atomic E-state index is 5.47. The van der Waals surface area contributed by atoms with Gasteiger partial charge in [0.15, 0.2) is 0 Å². The molecule has 0 aliphatic carbocycles. The zero-order valence-electron chi connectivity index (χ0n) is 16.5. The molecule has 0 aromatic heterocycles. The lowest BCUT2D eigenvalue weighted by Gasteiger charge is -2.14. The van der Waals surface area contributed by atoms with Gasteiger partial charge in [0, 0.05) is 12.5 Å². The van der Waals surface area contributed by atoms with E-state index in [0.717, 1.165) is 24.0 Å². The van der Waals surface area contributed by atoms with Gasteiger partial charge in [-0.15, -0.1) is 13.0 Å². The highest BCUT2D eigenvalue weighted by molar-refractivity contribution is 5.98. The number of hydrogen-bond donors (Lipinski definition) is 1. The number of rotatable bonds is 11. The van der Waals surface area contributed by atoms with Crippen LogP contribution in [0.2, 0.25) is 0 Å². The average molecular weight is 359 g/mol. The second kappa shape index (κ2) is 12.3. The van der Waals surface area contributed by atoms with Gasteiger partial charge in [-0.25, -0.2) is 4.99 Å². The molecule has 1 atom stereocenters. The van der Waals surface area contributed by atoms with Gasteiger partial charge in [0.1, 0.15) is 5.82 Å². The summed E-state index contributed by atoms with van der Waals surface area (Å²) in [5, 5.41) is 3.35. The van der Waals surface area contributed by atoms with Gasteiger partial charge in [-0.1, -0.05) is 80.1 Å². The Bertz CT molecular complexity index is 770. The summed E-state index contributed by atoms with van der Waals surface area (Å²) in [7, 11) is 0.